The predicted octanol–water partition coefficient (Wildman–Crippen LogP) is -1.15. The lowest BCUT2D eigenvalue weighted by molar-refractivity contribution is -0.883. The van der Waals surface area contributed by atoms with Crippen LogP contribution in [0, 0.1) is 0 Å². The maximum atomic E-state index is 5.33. The Morgan fingerprint density at radius 1 is 1.38 bits per heavy atom. The molecule has 0 atom stereocenters. The van der Waals surface area contributed by atoms with Gasteiger partial charge in [0, 0.05) is 6.04 Å². The Bertz CT molecular complexity index is 195. The summed E-state index contributed by atoms with van der Waals surface area (Å²) >= 11 is 5.33. The topological polar surface area (TPSA) is 19.7 Å². The molecule has 13 heavy (non-hydrogen) atoms. The summed E-state index contributed by atoms with van der Waals surface area (Å²) in [5.41, 5.74) is 0. The molecule has 1 saturated heterocycles. The fourth-order valence-corrected chi connectivity index (χ4v) is 1.93. The minimum Gasteiger partial charge on any atom is -0.360 e. The van der Waals surface area contributed by atoms with Crippen LogP contribution >= 0.6 is 12.2 Å². The molecule has 0 aromatic heterocycles. The van der Waals surface area contributed by atoms with E-state index < -0.39 is 0 Å². The molecule has 1 saturated carbocycles. The van der Waals surface area contributed by atoms with Crippen LogP contribution in [0.2, 0.25) is 0 Å². The molecule has 1 aliphatic carbocycles. The molecule has 2 aliphatic rings. The van der Waals surface area contributed by atoms with Crippen molar-refractivity contribution in [3.8, 4) is 0 Å². The summed E-state index contributed by atoms with van der Waals surface area (Å²) in [6, 6.07) is 0.694. The summed E-state index contributed by atoms with van der Waals surface area (Å²) in [7, 11) is 2.24. The second kappa shape index (κ2) is 3.80. The minimum atomic E-state index is 0.694. The Morgan fingerprint density at radius 2 is 2.00 bits per heavy atom. The van der Waals surface area contributed by atoms with Crippen LogP contribution < -0.4 is 10.2 Å². The Hall–Kier alpha value is -0.350. The van der Waals surface area contributed by atoms with Crippen LogP contribution in [-0.2, 0) is 0 Å². The van der Waals surface area contributed by atoms with Gasteiger partial charge in [0.05, 0.1) is 33.2 Å². The molecule has 2 rings (SSSR count). The van der Waals surface area contributed by atoms with E-state index in [4.69, 9.17) is 12.2 Å². The van der Waals surface area contributed by atoms with Gasteiger partial charge in [0.2, 0.25) is 0 Å². The summed E-state index contributed by atoms with van der Waals surface area (Å²) in [6.45, 7) is 4.66. The zero-order chi connectivity index (χ0) is 9.26. The van der Waals surface area contributed by atoms with Crippen molar-refractivity contribution in [1.29, 1.82) is 0 Å². The molecule has 3 nitrogen and oxygen atoms in total. The first-order valence-electron chi connectivity index (χ1n) is 5.12. The van der Waals surface area contributed by atoms with Crippen LogP contribution in [0.25, 0.3) is 0 Å². The Kier molecular flexibility index (Phi) is 2.69. The molecular weight excluding hydrogens is 182 g/mol. The van der Waals surface area contributed by atoms with E-state index in [1.54, 1.807) is 4.90 Å². The van der Waals surface area contributed by atoms with Crippen LogP contribution in [0.15, 0.2) is 0 Å². The van der Waals surface area contributed by atoms with Gasteiger partial charge in [-0.05, 0) is 25.1 Å². The fourth-order valence-electron chi connectivity index (χ4n) is 1.59. The molecule has 0 unspecified atom stereocenters. The van der Waals surface area contributed by atoms with Gasteiger partial charge in [-0.25, -0.2) is 0 Å². The van der Waals surface area contributed by atoms with E-state index in [1.165, 1.54) is 25.9 Å². The zero-order valence-corrected chi connectivity index (χ0v) is 8.99. The lowest BCUT2D eigenvalue weighted by Crippen LogP contribution is -3.12. The first-order chi connectivity index (χ1) is 6.25. The van der Waals surface area contributed by atoms with Crippen molar-refractivity contribution in [2.75, 3.05) is 33.2 Å². The van der Waals surface area contributed by atoms with Crippen molar-refractivity contribution < 1.29 is 4.90 Å². The Morgan fingerprint density at radius 3 is 2.54 bits per heavy atom. The molecule has 74 valence electrons. The minimum absolute atomic E-state index is 0.694. The number of thiocarbonyl (C=S) groups is 1. The van der Waals surface area contributed by atoms with Crippen molar-refractivity contribution in [1.82, 2.24) is 10.2 Å². The standard InChI is InChI=1S/C9H17N3S/c1-11-4-6-12(7-5-11)9(13)10-8-2-3-8/h8H,2-7H2,1H3,(H,10,13)/p+1. The lowest BCUT2D eigenvalue weighted by Gasteiger charge is -2.32. The largest absolute Gasteiger partial charge is 0.360 e. The smallest absolute Gasteiger partial charge is 0.169 e. The number of nitrogens with one attached hydrogen (secondary N) is 2. The van der Waals surface area contributed by atoms with Crippen molar-refractivity contribution in [3.05, 3.63) is 0 Å². The van der Waals surface area contributed by atoms with Gasteiger partial charge in [-0.15, -0.1) is 0 Å². The van der Waals surface area contributed by atoms with Gasteiger partial charge in [-0.2, -0.15) is 0 Å². The van der Waals surface area contributed by atoms with E-state index in [0.717, 1.165) is 18.2 Å². The first kappa shape index (κ1) is 9.21. The molecule has 1 aliphatic heterocycles. The number of quaternary nitrogens is 1. The third kappa shape index (κ3) is 2.54. The van der Waals surface area contributed by atoms with Gasteiger partial charge in [0.25, 0.3) is 0 Å². The van der Waals surface area contributed by atoms with Gasteiger partial charge in [-0.1, -0.05) is 0 Å². The van der Waals surface area contributed by atoms with E-state index in [1.807, 2.05) is 0 Å². The van der Waals surface area contributed by atoms with Crippen molar-refractivity contribution >= 4 is 17.3 Å². The highest BCUT2D eigenvalue weighted by Crippen LogP contribution is 2.18. The lowest BCUT2D eigenvalue weighted by atomic mass is 10.3. The average Bonchev–Trinajstić information content (AvgIpc) is 2.89. The van der Waals surface area contributed by atoms with Crippen LogP contribution in [-0.4, -0.2) is 49.3 Å². The number of hydrogen-bond acceptors (Lipinski definition) is 1. The van der Waals surface area contributed by atoms with Crippen LogP contribution in [0.3, 0.4) is 0 Å². The quantitative estimate of drug-likeness (QED) is 0.522. The zero-order valence-electron chi connectivity index (χ0n) is 8.18. The summed E-state index contributed by atoms with van der Waals surface area (Å²) in [4.78, 5) is 3.92. The van der Waals surface area contributed by atoms with E-state index >= 15 is 0 Å². The second-order valence-electron chi connectivity index (χ2n) is 4.17. The third-order valence-corrected chi connectivity index (χ3v) is 3.19. The Balaban J connectivity index is 1.75. The molecular formula is C9H18N3S+. The summed E-state index contributed by atoms with van der Waals surface area (Å²) < 4.78 is 0. The highest BCUT2D eigenvalue weighted by molar-refractivity contribution is 7.80. The van der Waals surface area contributed by atoms with Gasteiger partial charge in [0.15, 0.2) is 5.11 Å². The van der Waals surface area contributed by atoms with E-state index in [9.17, 15) is 0 Å². The predicted molar refractivity (Wildman–Crippen MR) is 56.9 cm³/mol. The van der Waals surface area contributed by atoms with Crippen molar-refractivity contribution in [3.63, 3.8) is 0 Å². The third-order valence-electron chi connectivity index (χ3n) is 2.81. The molecule has 0 bridgehead atoms. The molecule has 0 aromatic carbocycles. The van der Waals surface area contributed by atoms with Gasteiger partial charge < -0.3 is 15.1 Å². The summed E-state index contributed by atoms with van der Waals surface area (Å²) in [5, 5.41) is 4.37. The number of hydrogen-bond donors (Lipinski definition) is 2. The number of likely N-dealkylation sites (N-methyl/N-ethyl adjacent to an activating group) is 1. The molecule has 1 heterocycles. The molecule has 4 heteroatoms. The van der Waals surface area contributed by atoms with Crippen LogP contribution in [0.5, 0.6) is 0 Å². The number of nitrogens with zero attached hydrogens (tertiary/aromatic N) is 1. The number of rotatable bonds is 1. The molecule has 2 fully saturated rings. The molecule has 0 spiro atoms. The fraction of sp³-hybridized carbons (Fsp3) is 0.889. The van der Waals surface area contributed by atoms with Gasteiger partial charge in [-0.3, -0.25) is 0 Å². The summed E-state index contributed by atoms with van der Waals surface area (Å²) in [5.74, 6) is 0. The Labute approximate surface area is 85.1 Å². The molecule has 0 aromatic rings. The second-order valence-corrected chi connectivity index (χ2v) is 4.55. The van der Waals surface area contributed by atoms with E-state index in [-0.39, 0.29) is 0 Å². The van der Waals surface area contributed by atoms with Gasteiger partial charge >= 0.3 is 0 Å². The van der Waals surface area contributed by atoms with Gasteiger partial charge in [0.1, 0.15) is 0 Å². The maximum absolute atomic E-state index is 5.33. The van der Waals surface area contributed by atoms with E-state index in [0.29, 0.717) is 6.04 Å². The highest BCUT2D eigenvalue weighted by Gasteiger charge is 2.25. The number of piperazine rings is 1. The van der Waals surface area contributed by atoms with Crippen LogP contribution in [0.1, 0.15) is 12.8 Å². The van der Waals surface area contributed by atoms with E-state index in [2.05, 4.69) is 17.3 Å². The summed E-state index contributed by atoms with van der Waals surface area (Å²) in [6.07, 6.45) is 2.61. The van der Waals surface area contributed by atoms with Crippen molar-refractivity contribution in [2.24, 2.45) is 0 Å². The maximum Gasteiger partial charge on any atom is 0.169 e. The van der Waals surface area contributed by atoms with Crippen LogP contribution in [0.4, 0.5) is 0 Å². The first-order valence-corrected chi connectivity index (χ1v) is 5.53. The molecule has 2 N–H and O–H groups in total. The normalized spacial score (nSPS) is 24.5. The van der Waals surface area contributed by atoms with Crippen molar-refractivity contribution in [2.45, 2.75) is 18.9 Å². The molecule has 0 amide bonds. The monoisotopic (exact) mass is 200 g/mol. The molecule has 0 radical (unpaired) electrons. The average molecular weight is 200 g/mol. The SMILES string of the molecule is C[NH+]1CCN(C(=S)NC2CC2)CC1. The highest BCUT2D eigenvalue weighted by atomic mass is 32.1.